The molecule has 2 N–H and O–H groups in total. The molecule has 0 radical (unpaired) electrons. The quantitative estimate of drug-likeness (QED) is 0.133. The number of β-amino-alcohol motifs (C(OH)–C–C–N with tert-alkyl or cyclic N) is 1. The number of rotatable bonds is 10. The first-order chi connectivity index (χ1) is 31.3. The Labute approximate surface area is 368 Å². The maximum absolute atomic E-state index is 13.4. The molecule has 4 heterocycles. The summed E-state index contributed by atoms with van der Waals surface area (Å²) in [5.74, 6) is -3.22. The van der Waals surface area contributed by atoms with Crippen LogP contribution in [0.1, 0.15) is 22.9 Å². The van der Waals surface area contributed by atoms with Crippen LogP contribution in [0.2, 0.25) is 0 Å². The van der Waals surface area contributed by atoms with Crippen LogP contribution in [0.25, 0.3) is 22.9 Å². The van der Waals surface area contributed by atoms with Gasteiger partial charge in [0.05, 0.1) is 19.7 Å². The smallest absolute Gasteiger partial charge is 0.413 e. The average molecular weight is 907 g/mol. The van der Waals surface area contributed by atoms with Crippen molar-refractivity contribution < 1.29 is 49.9 Å². The van der Waals surface area contributed by atoms with E-state index >= 15 is 0 Å². The highest BCUT2D eigenvalue weighted by molar-refractivity contribution is 5.92. The summed E-state index contributed by atoms with van der Waals surface area (Å²) >= 11 is 0. The summed E-state index contributed by atoms with van der Waals surface area (Å²) in [5, 5.41) is 25.4. The molecule has 4 aromatic carbocycles. The molecule has 2 fully saturated rings. The monoisotopic (exact) mass is 906 g/mol. The van der Waals surface area contributed by atoms with E-state index in [-0.39, 0.29) is 37.0 Å². The molecule has 15 nitrogen and oxygen atoms in total. The van der Waals surface area contributed by atoms with Gasteiger partial charge >= 0.3 is 36.2 Å². The molecule has 2 aliphatic heterocycles. The van der Waals surface area contributed by atoms with E-state index in [9.17, 15) is 35.9 Å². The number of carbonyl (C=O) groups excluding carboxylic acids is 2. The number of nitrogens with zero attached hydrogens (tertiary/aromatic N) is 9. The SMILES string of the molecule is O=C(N1CCN(CCO)CC1)N(Cc1ccc(-c2nnc(C(F)(F)F)o2)cc1)c1ccccc1.O=C(N1CCNCC1)N(Cc1ccc(-c2nnc(C(F)(F)F)o2)cc1)c1ccccc1. The number of para-hydroxylation sites is 2. The zero-order valence-electron chi connectivity index (χ0n) is 34.8. The van der Waals surface area contributed by atoms with Crippen molar-refractivity contribution in [2.45, 2.75) is 25.4 Å². The van der Waals surface area contributed by atoms with Gasteiger partial charge in [0.1, 0.15) is 0 Å². The first-order valence-corrected chi connectivity index (χ1v) is 20.5. The Balaban J connectivity index is 0.000000195. The Morgan fingerprint density at radius 2 is 0.969 bits per heavy atom. The first kappa shape index (κ1) is 46.2. The van der Waals surface area contributed by atoms with Gasteiger partial charge < -0.3 is 29.1 Å². The lowest BCUT2D eigenvalue weighted by Crippen LogP contribution is -2.53. The number of aromatic nitrogens is 4. The molecule has 6 aromatic rings. The maximum Gasteiger partial charge on any atom is 0.470 e. The Kier molecular flexibility index (Phi) is 14.8. The van der Waals surface area contributed by atoms with Gasteiger partial charge in [-0.2, -0.15) is 26.3 Å². The minimum atomic E-state index is -4.70. The highest BCUT2D eigenvalue weighted by Gasteiger charge is 2.39. The lowest BCUT2D eigenvalue weighted by atomic mass is 10.1. The summed E-state index contributed by atoms with van der Waals surface area (Å²) < 4.78 is 85.6. The number of hydrogen-bond acceptors (Lipinski definition) is 11. The van der Waals surface area contributed by atoms with Gasteiger partial charge in [-0.3, -0.25) is 14.7 Å². The van der Waals surface area contributed by atoms with Crippen molar-refractivity contribution in [3.8, 4) is 22.9 Å². The molecule has 8 rings (SSSR count). The minimum Gasteiger partial charge on any atom is -0.413 e. The van der Waals surface area contributed by atoms with Gasteiger partial charge in [-0.05, 0) is 59.7 Å². The van der Waals surface area contributed by atoms with Crippen LogP contribution in [-0.4, -0.2) is 118 Å². The van der Waals surface area contributed by atoms with E-state index in [1.54, 1.807) is 68.1 Å². The van der Waals surface area contributed by atoms with Crippen molar-refractivity contribution >= 4 is 23.4 Å². The molecule has 0 unspecified atom stereocenters. The molecule has 0 spiro atoms. The number of urea groups is 2. The molecule has 0 saturated carbocycles. The summed E-state index contributed by atoms with van der Waals surface area (Å²) in [7, 11) is 0. The lowest BCUT2D eigenvalue weighted by Gasteiger charge is -2.37. The number of hydrogen-bond donors (Lipinski definition) is 2. The van der Waals surface area contributed by atoms with Crippen LogP contribution in [0.5, 0.6) is 0 Å². The third kappa shape index (κ3) is 12.0. The molecule has 2 aliphatic rings. The van der Waals surface area contributed by atoms with E-state index in [4.69, 9.17) is 13.9 Å². The Morgan fingerprint density at radius 3 is 1.34 bits per heavy atom. The number of carbonyl (C=O) groups is 2. The third-order valence-electron chi connectivity index (χ3n) is 10.5. The fourth-order valence-corrected chi connectivity index (χ4v) is 7.04. The molecular formula is C44H44F6N10O5. The molecule has 2 aromatic heterocycles. The van der Waals surface area contributed by atoms with E-state index in [0.717, 1.165) is 35.6 Å². The number of aliphatic hydroxyl groups is 1. The van der Waals surface area contributed by atoms with Crippen molar-refractivity contribution in [1.29, 1.82) is 0 Å². The molecular weight excluding hydrogens is 863 g/mol. The normalized spacial score (nSPS) is 14.7. The largest absolute Gasteiger partial charge is 0.470 e. The second kappa shape index (κ2) is 20.8. The molecule has 342 valence electrons. The Bertz CT molecular complexity index is 2440. The van der Waals surface area contributed by atoms with Crippen LogP contribution >= 0.6 is 0 Å². The van der Waals surface area contributed by atoms with Crippen LogP contribution < -0.4 is 15.1 Å². The predicted molar refractivity (Wildman–Crippen MR) is 225 cm³/mol. The lowest BCUT2D eigenvalue weighted by molar-refractivity contribution is -0.157. The predicted octanol–water partition coefficient (Wildman–Crippen LogP) is 7.28. The number of piperazine rings is 2. The number of benzene rings is 4. The second-order valence-electron chi connectivity index (χ2n) is 14.9. The number of halogens is 6. The Hall–Kier alpha value is -6.84. The highest BCUT2D eigenvalue weighted by atomic mass is 19.4. The summed E-state index contributed by atoms with van der Waals surface area (Å²) in [6, 6.07) is 31.7. The van der Waals surface area contributed by atoms with Gasteiger partial charge in [-0.1, -0.05) is 60.7 Å². The standard InChI is InChI=1S/C23H24F3N5O3.C21H20F3N5O2/c24-23(25,26)21-28-27-20(34-21)18-8-6-17(7-9-18)16-31(19-4-2-1-3-5-19)22(33)30-12-10-29(11-13-30)14-15-32;22-21(23,24)19-27-26-18(31-19)16-8-6-15(7-9-16)14-29(17-4-2-1-3-5-17)20(30)28-12-10-25-11-13-28/h1-9,32H,10-16H2;1-9,25H,10-14H2. The summed E-state index contributed by atoms with van der Waals surface area (Å²) in [6.45, 7) is 6.48. The van der Waals surface area contributed by atoms with Crippen LogP contribution in [0, 0.1) is 0 Å². The number of aliphatic hydroxyl groups excluding tert-OH is 1. The maximum atomic E-state index is 13.4. The van der Waals surface area contributed by atoms with Crippen molar-refractivity contribution in [3.05, 3.63) is 132 Å². The summed E-state index contributed by atoms with van der Waals surface area (Å²) in [6.07, 6.45) is -9.39. The Morgan fingerprint density at radius 1 is 0.569 bits per heavy atom. The fraction of sp³-hybridized carbons (Fsp3) is 0.318. The van der Waals surface area contributed by atoms with Crippen molar-refractivity contribution in [3.63, 3.8) is 0 Å². The van der Waals surface area contributed by atoms with E-state index in [0.29, 0.717) is 63.5 Å². The minimum absolute atomic E-state index is 0.0845. The van der Waals surface area contributed by atoms with Crippen LogP contribution in [0.15, 0.2) is 118 Å². The van der Waals surface area contributed by atoms with Gasteiger partial charge in [0.15, 0.2) is 0 Å². The van der Waals surface area contributed by atoms with E-state index in [1.807, 2.05) is 60.7 Å². The number of alkyl halides is 6. The van der Waals surface area contributed by atoms with E-state index < -0.39 is 24.1 Å². The van der Waals surface area contributed by atoms with Crippen LogP contribution in [0.3, 0.4) is 0 Å². The zero-order chi connectivity index (χ0) is 46.0. The second-order valence-corrected chi connectivity index (χ2v) is 14.9. The van der Waals surface area contributed by atoms with Crippen molar-refractivity contribution in [2.75, 3.05) is 75.3 Å². The van der Waals surface area contributed by atoms with Crippen molar-refractivity contribution in [1.82, 2.24) is 40.4 Å². The highest BCUT2D eigenvalue weighted by Crippen LogP contribution is 2.32. The molecule has 2 saturated heterocycles. The number of amides is 4. The molecule has 0 atom stereocenters. The molecule has 65 heavy (non-hydrogen) atoms. The van der Waals surface area contributed by atoms with Gasteiger partial charge in [-0.15, -0.1) is 20.4 Å². The molecule has 21 heteroatoms. The first-order valence-electron chi connectivity index (χ1n) is 20.5. The van der Waals surface area contributed by atoms with Gasteiger partial charge in [-0.25, -0.2) is 9.59 Å². The fourth-order valence-electron chi connectivity index (χ4n) is 7.04. The third-order valence-corrected chi connectivity index (χ3v) is 10.5. The van der Waals surface area contributed by atoms with E-state index in [1.165, 1.54) is 0 Å². The van der Waals surface area contributed by atoms with Gasteiger partial charge in [0.25, 0.3) is 0 Å². The average Bonchev–Trinajstić information content (AvgIpc) is 4.04. The summed E-state index contributed by atoms with van der Waals surface area (Å²) in [5.41, 5.74) is 3.82. The number of anilines is 2. The zero-order valence-corrected chi connectivity index (χ0v) is 34.8. The van der Waals surface area contributed by atoms with Gasteiger partial charge in [0, 0.05) is 81.4 Å². The number of nitrogens with one attached hydrogen (secondary N) is 1. The van der Waals surface area contributed by atoms with Crippen molar-refractivity contribution in [2.24, 2.45) is 0 Å². The molecule has 4 amide bonds. The summed E-state index contributed by atoms with van der Waals surface area (Å²) in [4.78, 5) is 35.6. The van der Waals surface area contributed by atoms with Crippen LogP contribution in [0.4, 0.5) is 47.3 Å². The van der Waals surface area contributed by atoms with E-state index in [2.05, 4.69) is 30.6 Å². The topological polar surface area (TPSA) is 160 Å². The molecule has 0 bridgehead atoms. The van der Waals surface area contributed by atoms with Gasteiger partial charge in [0.2, 0.25) is 11.8 Å². The van der Waals surface area contributed by atoms with Crippen LogP contribution in [-0.2, 0) is 25.4 Å². The molecule has 0 aliphatic carbocycles.